The summed E-state index contributed by atoms with van der Waals surface area (Å²) in [7, 11) is 1.78. The van der Waals surface area contributed by atoms with Crippen molar-refractivity contribution in [3.63, 3.8) is 0 Å². The third kappa shape index (κ3) is 5.75. The van der Waals surface area contributed by atoms with Crippen LogP contribution in [0.2, 0.25) is 0 Å². The Kier molecular flexibility index (Phi) is 7.85. The maximum atomic E-state index is 12.3. The number of nitrogens with zero attached hydrogens (tertiary/aromatic N) is 1. The van der Waals surface area contributed by atoms with E-state index in [4.69, 9.17) is 0 Å². The molecular formula is C12H26F2N2. The van der Waals surface area contributed by atoms with Crippen LogP contribution in [0.5, 0.6) is 0 Å². The fraction of sp³-hybridized carbons (Fsp3) is 1.00. The minimum atomic E-state index is -2.24. The van der Waals surface area contributed by atoms with Gasteiger partial charge >= 0.3 is 0 Å². The second-order valence-electron chi connectivity index (χ2n) is 4.58. The van der Waals surface area contributed by atoms with E-state index in [1.54, 1.807) is 11.9 Å². The first-order chi connectivity index (χ1) is 7.49. The molecule has 0 radical (unpaired) electrons. The van der Waals surface area contributed by atoms with Gasteiger partial charge in [-0.25, -0.2) is 8.78 Å². The van der Waals surface area contributed by atoms with Crippen molar-refractivity contribution < 1.29 is 8.78 Å². The summed E-state index contributed by atoms with van der Waals surface area (Å²) in [6, 6.07) is 0. The van der Waals surface area contributed by atoms with E-state index in [1.807, 2.05) is 0 Å². The molecule has 4 heteroatoms. The standard InChI is InChI=1S/C12H26F2N2/c1-5-12(6-2,9-15-7-3)10-16(4)8-11(13)14/h11,15H,5-10H2,1-4H3. The van der Waals surface area contributed by atoms with E-state index in [0.29, 0.717) is 0 Å². The molecule has 0 aliphatic heterocycles. The lowest BCUT2D eigenvalue weighted by Crippen LogP contribution is -2.43. The van der Waals surface area contributed by atoms with Crippen LogP contribution in [0, 0.1) is 5.41 Å². The smallest absolute Gasteiger partial charge is 0.251 e. The van der Waals surface area contributed by atoms with Crippen LogP contribution in [0.25, 0.3) is 0 Å². The maximum Gasteiger partial charge on any atom is 0.251 e. The van der Waals surface area contributed by atoms with Crippen molar-refractivity contribution in [3.05, 3.63) is 0 Å². The van der Waals surface area contributed by atoms with E-state index in [1.165, 1.54) is 0 Å². The molecular weight excluding hydrogens is 210 g/mol. The van der Waals surface area contributed by atoms with E-state index < -0.39 is 6.43 Å². The van der Waals surface area contributed by atoms with Gasteiger partial charge in [-0.3, -0.25) is 0 Å². The van der Waals surface area contributed by atoms with Crippen LogP contribution < -0.4 is 5.32 Å². The van der Waals surface area contributed by atoms with Crippen molar-refractivity contribution in [2.75, 3.05) is 33.2 Å². The number of halogens is 2. The summed E-state index contributed by atoms with van der Waals surface area (Å²) in [5, 5.41) is 3.34. The molecule has 0 amide bonds. The van der Waals surface area contributed by atoms with Gasteiger partial charge in [0.2, 0.25) is 0 Å². The number of hydrogen-bond acceptors (Lipinski definition) is 2. The average Bonchev–Trinajstić information content (AvgIpc) is 2.23. The van der Waals surface area contributed by atoms with Gasteiger partial charge in [-0.05, 0) is 31.8 Å². The van der Waals surface area contributed by atoms with Gasteiger partial charge in [0.25, 0.3) is 6.43 Å². The summed E-state index contributed by atoms with van der Waals surface area (Å²) >= 11 is 0. The highest BCUT2D eigenvalue weighted by atomic mass is 19.3. The third-order valence-corrected chi connectivity index (χ3v) is 3.31. The number of rotatable bonds is 9. The van der Waals surface area contributed by atoms with Crippen LogP contribution in [0.4, 0.5) is 8.78 Å². The van der Waals surface area contributed by atoms with E-state index in [0.717, 1.165) is 32.5 Å². The predicted molar refractivity (Wildman–Crippen MR) is 65.1 cm³/mol. The molecule has 0 atom stereocenters. The number of alkyl halides is 2. The molecule has 98 valence electrons. The average molecular weight is 236 g/mol. The van der Waals surface area contributed by atoms with Crippen molar-refractivity contribution in [1.82, 2.24) is 10.2 Å². The second kappa shape index (κ2) is 7.96. The van der Waals surface area contributed by atoms with E-state index in [9.17, 15) is 8.78 Å². The molecule has 1 N–H and O–H groups in total. The van der Waals surface area contributed by atoms with E-state index in [-0.39, 0.29) is 12.0 Å². The van der Waals surface area contributed by atoms with Gasteiger partial charge in [0.15, 0.2) is 0 Å². The fourth-order valence-corrected chi connectivity index (χ4v) is 2.04. The fourth-order valence-electron chi connectivity index (χ4n) is 2.04. The Morgan fingerprint density at radius 1 is 1.19 bits per heavy atom. The molecule has 0 heterocycles. The normalized spacial score (nSPS) is 12.8. The molecule has 0 fully saturated rings. The Hall–Kier alpha value is -0.220. The van der Waals surface area contributed by atoms with E-state index in [2.05, 4.69) is 26.1 Å². The lowest BCUT2D eigenvalue weighted by Gasteiger charge is -2.36. The molecule has 0 saturated carbocycles. The Bertz CT molecular complexity index is 170. The van der Waals surface area contributed by atoms with Crippen molar-refractivity contribution in [3.8, 4) is 0 Å². The Balaban J connectivity index is 4.28. The molecule has 0 bridgehead atoms. The zero-order chi connectivity index (χ0) is 12.6. The van der Waals surface area contributed by atoms with Crippen LogP contribution in [0.15, 0.2) is 0 Å². The highest BCUT2D eigenvalue weighted by Gasteiger charge is 2.27. The Morgan fingerprint density at radius 3 is 2.12 bits per heavy atom. The van der Waals surface area contributed by atoms with Gasteiger partial charge in [-0.2, -0.15) is 0 Å². The zero-order valence-corrected chi connectivity index (χ0v) is 11.0. The number of hydrogen-bond donors (Lipinski definition) is 1. The predicted octanol–water partition coefficient (Wildman–Crippen LogP) is 2.60. The maximum absolute atomic E-state index is 12.3. The quantitative estimate of drug-likeness (QED) is 0.662. The highest BCUT2D eigenvalue weighted by Crippen LogP contribution is 2.26. The lowest BCUT2D eigenvalue weighted by molar-refractivity contribution is 0.0714. The third-order valence-electron chi connectivity index (χ3n) is 3.31. The summed E-state index contributed by atoms with van der Waals surface area (Å²) in [6.45, 7) is 8.78. The molecule has 0 unspecified atom stereocenters. The first-order valence-electron chi connectivity index (χ1n) is 6.17. The lowest BCUT2D eigenvalue weighted by atomic mass is 9.81. The Labute approximate surface area is 98.4 Å². The first-order valence-corrected chi connectivity index (χ1v) is 6.17. The van der Waals surface area contributed by atoms with Gasteiger partial charge in [0.05, 0.1) is 6.54 Å². The summed E-state index contributed by atoms with van der Waals surface area (Å²) in [4.78, 5) is 1.75. The highest BCUT2D eigenvalue weighted by molar-refractivity contribution is 4.82. The molecule has 2 nitrogen and oxygen atoms in total. The zero-order valence-electron chi connectivity index (χ0n) is 11.0. The summed E-state index contributed by atoms with van der Waals surface area (Å²) < 4.78 is 24.5. The molecule has 0 aliphatic carbocycles. The summed E-state index contributed by atoms with van der Waals surface area (Å²) in [6.07, 6.45) is -0.204. The monoisotopic (exact) mass is 236 g/mol. The molecule has 0 rings (SSSR count). The summed E-state index contributed by atoms with van der Waals surface area (Å²) in [5.41, 5.74) is 0.125. The van der Waals surface area contributed by atoms with Crippen molar-refractivity contribution in [2.24, 2.45) is 5.41 Å². The van der Waals surface area contributed by atoms with Gasteiger partial charge in [-0.15, -0.1) is 0 Å². The van der Waals surface area contributed by atoms with Crippen LogP contribution in [0.1, 0.15) is 33.6 Å². The number of nitrogens with one attached hydrogen (secondary N) is 1. The van der Waals surface area contributed by atoms with Crippen LogP contribution in [0.3, 0.4) is 0 Å². The first kappa shape index (κ1) is 15.8. The van der Waals surface area contributed by atoms with Gasteiger partial charge in [-0.1, -0.05) is 20.8 Å². The largest absolute Gasteiger partial charge is 0.316 e. The molecule has 0 aromatic carbocycles. The van der Waals surface area contributed by atoms with Crippen molar-refractivity contribution in [2.45, 2.75) is 40.0 Å². The van der Waals surface area contributed by atoms with E-state index >= 15 is 0 Å². The minimum absolute atomic E-state index is 0.125. The van der Waals surface area contributed by atoms with Crippen LogP contribution >= 0.6 is 0 Å². The van der Waals surface area contributed by atoms with Crippen LogP contribution in [-0.2, 0) is 0 Å². The Morgan fingerprint density at radius 2 is 1.75 bits per heavy atom. The minimum Gasteiger partial charge on any atom is -0.316 e. The SMILES string of the molecule is CCNCC(CC)(CC)CN(C)CC(F)F. The molecule has 0 aliphatic rings. The van der Waals surface area contributed by atoms with Crippen molar-refractivity contribution >= 4 is 0 Å². The molecule has 0 aromatic rings. The van der Waals surface area contributed by atoms with Gasteiger partial charge in [0.1, 0.15) is 0 Å². The van der Waals surface area contributed by atoms with Gasteiger partial charge < -0.3 is 10.2 Å². The van der Waals surface area contributed by atoms with Gasteiger partial charge in [0, 0.05) is 13.1 Å². The van der Waals surface area contributed by atoms with Crippen molar-refractivity contribution in [1.29, 1.82) is 0 Å². The molecule has 16 heavy (non-hydrogen) atoms. The molecule has 0 saturated heterocycles. The molecule has 0 spiro atoms. The van der Waals surface area contributed by atoms with Crippen LogP contribution in [-0.4, -0.2) is 44.6 Å². The summed E-state index contributed by atoms with van der Waals surface area (Å²) in [5.74, 6) is 0. The second-order valence-corrected chi connectivity index (χ2v) is 4.58. The molecule has 0 aromatic heterocycles. The topological polar surface area (TPSA) is 15.3 Å².